The van der Waals surface area contributed by atoms with Gasteiger partial charge >= 0.3 is 0 Å². The van der Waals surface area contributed by atoms with Crippen molar-refractivity contribution in [1.29, 1.82) is 0 Å². The summed E-state index contributed by atoms with van der Waals surface area (Å²) >= 11 is 1.31. The van der Waals surface area contributed by atoms with Crippen LogP contribution >= 0.6 is 11.8 Å². The molecule has 1 N–H and O–H groups in total. The third kappa shape index (κ3) is 3.82. The summed E-state index contributed by atoms with van der Waals surface area (Å²) < 4.78 is 6.92. The molecular formula is C15H19N5O2S. The summed E-state index contributed by atoms with van der Waals surface area (Å²) in [6.07, 6.45) is 2.42. The van der Waals surface area contributed by atoms with E-state index in [1.165, 1.54) is 24.6 Å². The van der Waals surface area contributed by atoms with E-state index in [1.807, 2.05) is 24.3 Å². The van der Waals surface area contributed by atoms with E-state index >= 15 is 0 Å². The van der Waals surface area contributed by atoms with E-state index in [2.05, 4.69) is 27.8 Å². The molecule has 8 heteroatoms. The number of benzene rings is 1. The molecule has 1 heterocycles. The second kappa shape index (κ2) is 6.99. The molecule has 1 aromatic heterocycles. The second-order valence-electron chi connectivity index (χ2n) is 5.53. The lowest BCUT2D eigenvalue weighted by molar-refractivity contribution is -0.119. The number of thioether (sulfide) groups is 1. The van der Waals surface area contributed by atoms with Gasteiger partial charge in [0.2, 0.25) is 11.1 Å². The second-order valence-corrected chi connectivity index (χ2v) is 6.47. The number of hydrogen-bond donors (Lipinski definition) is 1. The number of amides is 1. The van der Waals surface area contributed by atoms with Crippen molar-refractivity contribution in [3.63, 3.8) is 0 Å². The molecule has 0 bridgehead atoms. The highest BCUT2D eigenvalue weighted by molar-refractivity contribution is 7.99. The number of aromatic nitrogens is 4. The summed E-state index contributed by atoms with van der Waals surface area (Å²) in [6.45, 7) is 2.05. The zero-order valence-corrected chi connectivity index (χ0v) is 13.9. The molecule has 0 radical (unpaired) electrons. The molecule has 1 amide bonds. The fourth-order valence-electron chi connectivity index (χ4n) is 2.36. The third-order valence-electron chi connectivity index (χ3n) is 3.80. The Kier molecular flexibility index (Phi) is 4.80. The SMILES string of the molecule is COc1ccccc1-n1nnnc1SCC(=O)NC(C)C1CC1. The number of para-hydroxylation sites is 2. The van der Waals surface area contributed by atoms with Crippen molar-refractivity contribution in [2.75, 3.05) is 12.9 Å². The van der Waals surface area contributed by atoms with Crippen molar-refractivity contribution >= 4 is 17.7 Å². The molecule has 0 saturated heterocycles. The minimum atomic E-state index is 0.00368. The summed E-state index contributed by atoms with van der Waals surface area (Å²) in [4.78, 5) is 12.0. The molecule has 122 valence electrons. The van der Waals surface area contributed by atoms with Gasteiger partial charge in [-0.2, -0.15) is 4.68 Å². The molecule has 1 aliphatic rings. The number of nitrogens with one attached hydrogen (secondary N) is 1. The number of tetrazole rings is 1. The van der Waals surface area contributed by atoms with Gasteiger partial charge in [0.05, 0.1) is 12.9 Å². The molecule has 0 aliphatic heterocycles. The number of ether oxygens (including phenoxy) is 1. The van der Waals surface area contributed by atoms with Gasteiger partial charge < -0.3 is 10.1 Å². The molecule has 1 unspecified atom stereocenters. The van der Waals surface area contributed by atoms with E-state index in [-0.39, 0.29) is 17.7 Å². The highest BCUT2D eigenvalue weighted by Gasteiger charge is 2.28. The van der Waals surface area contributed by atoms with Crippen molar-refractivity contribution in [2.45, 2.75) is 31.0 Å². The van der Waals surface area contributed by atoms with Gasteiger partial charge in [0.25, 0.3) is 0 Å². The van der Waals surface area contributed by atoms with Crippen LogP contribution in [0.5, 0.6) is 5.75 Å². The van der Waals surface area contributed by atoms with Crippen LogP contribution in [0.2, 0.25) is 0 Å². The van der Waals surface area contributed by atoms with Gasteiger partial charge in [0.1, 0.15) is 11.4 Å². The topological polar surface area (TPSA) is 81.9 Å². The van der Waals surface area contributed by atoms with Crippen LogP contribution in [0.1, 0.15) is 19.8 Å². The number of rotatable bonds is 7. The third-order valence-corrected chi connectivity index (χ3v) is 4.72. The van der Waals surface area contributed by atoms with Crippen LogP contribution in [0.25, 0.3) is 5.69 Å². The van der Waals surface area contributed by atoms with E-state index in [0.717, 1.165) is 5.69 Å². The van der Waals surface area contributed by atoms with Crippen molar-refractivity contribution in [1.82, 2.24) is 25.5 Å². The largest absolute Gasteiger partial charge is 0.494 e. The Hall–Kier alpha value is -2.09. The van der Waals surface area contributed by atoms with Crippen molar-refractivity contribution in [2.24, 2.45) is 5.92 Å². The molecule has 3 rings (SSSR count). The maximum absolute atomic E-state index is 12.0. The van der Waals surface area contributed by atoms with E-state index in [0.29, 0.717) is 16.8 Å². The summed E-state index contributed by atoms with van der Waals surface area (Å²) in [5.41, 5.74) is 0.745. The van der Waals surface area contributed by atoms with Crippen LogP contribution in [0.4, 0.5) is 0 Å². The van der Waals surface area contributed by atoms with E-state index in [4.69, 9.17) is 4.74 Å². The first kappa shape index (κ1) is 15.8. The molecule has 2 aromatic rings. The van der Waals surface area contributed by atoms with Gasteiger partial charge in [-0.3, -0.25) is 4.79 Å². The summed E-state index contributed by atoms with van der Waals surface area (Å²) in [6, 6.07) is 7.72. The van der Waals surface area contributed by atoms with E-state index < -0.39 is 0 Å². The predicted molar refractivity (Wildman–Crippen MR) is 86.8 cm³/mol. The lowest BCUT2D eigenvalue weighted by atomic mass is 10.2. The molecule has 1 fully saturated rings. The van der Waals surface area contributed by atoms with Gasteiger partial charge in [-0.05, 0) is 48.2 Å². The fraction of sp³-hybridized carbons (Fsp3) is 0.467. The zero-order valence-electron chi connectivity index (χ0n) is 13.1. The summed E-state index contributed by atoms with van der Waals surface area (Å²) in [7, 11) is 1.60. The number of methoxy groups -OCH3 is 1. The highest BCUT2D eigenvalue weighted by atomic mass is 32.2. The summed E-state index contributed by atoms with van der Waals surface area (Å²) in [5.74, 6) is 1.60. The van der Waals surface area contributed by atoms with Gasteiger partial charge in [-0.15, -0.1) is 5.10 Å². The van der Waals surface area contributed by atoms with Crippen LogP contribution in [0.15, 0.2) is 29.4 Å². The van der Waals surface area contributed by atoms with Crippen LogP contribution in [-0.2, 0) is 4.79 Å². The predicted octanol–water partition coefficient (Wildman–Crippen LogP) is 1.68. The van der Waals surface area contributed by atoms with E-state index in [9.17, 15) is 4.79 Å². The standard InChI is InChI=1S/C15H19N5O2S/c1-10(11-7-8-11)16-14(21)9-23-15-17-18-19-20(15)12-5-3-4-6-13(12)22-2/h3-6,10-11H,7-9H2,1-2H3,(H,16,21). The molecule has 1 saturated carbocycles. The maximum atomic E-state index is 12.0. The van der Waals surface area contributed by atoms with Crippen molar-refractivity contribution < 1.29 is 9.53 Å². The molecule has 1 aliphatic carbocycles. The highest BCUT2D eigenvalue weighted by Crippen LogP contribution is 2.32. The van der Waals surface area contributed by atoms with E-state index in [1.54, 1.807) is 11.8 Å². The molecule has 7 nitrogen and oxygen atoms in total. The minimum Gasteiger partial charge on any atom is -0.494 e. The molecular weight excluding hydrogens is 314 g/mol. The normalized spacial score (nSPS) is 15.2. The Morgan fingerprint density at radius 2 is 2.26 bits per heavy atom. The van der Waals surface area contributed by atoms with Crippen LogP contribution in [0.3, 0.4) is 0 Å². The number of carbonyl (C=O) groups excluding carboxylic acids is 1. The van der Waals surface area contributed by atoms with Gasteiger partial charge in [-0.25, -0.2) is 0 Å². The van der Waals surface area contributed by atoms with Crippen molar-refractivity contribution in [3.8, 4) is 11.4 Å². The molecule has 1 atom stereocenters. The minimum absolute atomic E-state index is 0.00368. The number of hydrogen-bond acceptors (Lipinski definition) is 6. The number of nitrogens with zero attached hydrogens (tertiary/aromatic N) is 4. The molecule has 0 spiro atoms. The van der Waals surface area contributed by atoms with Crippen LogP contribution in [0, 0.1) is 5.92 Å². The Morgan fingerprint density at radius 1 is 1.48 bits per heavy atom. The first-order valence-corrected chi connectivity index (χ1v) is 8.51. The monoisotopic (exact) mass is 333 g/mol. The smallest absolute Gasteiger partial charge is 0.230 e. The van der Waals surface area contributed by atoms with Crippen molar-refractivity contribution in [3.05, 3.63) is 24.3 Å². The first-order valence-electron chi connectivity index (χ1n) is 7.53. The Morgan fingerprint density at radius 3 is 3.00 bits per heavy atom. The lowest BCUT2D eigenvalue weighted by Crippen LogP contribution is -2.35. The van der Waals surface area contributed by atoms with Crippen LogP contribution in [-0.4, -0.2) is 45.0 Å². The first-order chi connectivity index (χ1) is 11.2. The van der Waals surface area contributed by atoms with Crippen LogP contribution < -0.4 is 10.1 Å². The zero-order chi connectivity index (χ0) is 16.2. The Labute approximate surface area is 138 Å². The Bertz CT molecular complexity index is 686. The quantitative estimate of drug-likeness (QED) is 0.776. The fourth-order valence-corrected chi connectivity index (χ4v) is 3.06. The number of carbonyl (C=O) groups is 1. The van der Waals surface area contributed by atoms with Gasteiger partial charge in [0.15, 0.2) is 0 Å². The maximum Gasteiger partial charge on any atom is 0.230 e. The summed E-state index contributed by atoms with van der Waals surface area (Å²) in [5, 5.41) is 15.3. The van der Waals surface area contributed by atoms with Gasteiger partial charge in [0, 0.05) is 6.04 Å². The molecule has 23 heavy (non-hydrogen) atoms. The average molecular weight is 333 g/mol. The lowest BCUT2D eigenvalue weighted by Gasteiger charge is -2.12. The Balaban J connectivity index is 1.65. The van der Waals surface area contributed by atoms with Gasteiger partial charge in [-0.1, -0.05) is 23.9 Å². The molecule has 1 aromatic carbocycles. The average Bonchev–Trinajstić information content (AvgIpc) is 3.32.